The Labute approximate surface area is 138 Å². The van der Waals surface area contributed by atoms with Gasteiger partial charge in [0.15, 0.2) is 0 Å². The molecule has 5 rings (SSSR count). The van der Waals surface area contributed by atoms with Gasteiger partial charge in [-0.2, -0.15) is 5.26 Å². The Morgan fingerprint density at radius 2 is 2.04 bits per heavy atom. The molecule has 1 N–H and O–H groups in total. The standard InChI is InChI=1S/C21H25NO/c1-21-9-8-15-14-5-3-13(23)10-12(14)2-4-16(15)19(21)7-6-17-18(11-22)20(17)21/h3,5,10,15-20,23H,2,4,6-9H2,1H3/t15-,16-,17+,18?,19+,20?,21+/m1/s1. The Bertz CT molecular complexity index is 704. The molecule has 0 aromatic heterocycles. The molecule has 7 atom stereocenters. The molecule has 3 saturated carbocycles. The van der Waals surface area contributed by atoms with Crippen LogP contribution < -0.4 is 0 Å². The summed E-state index contributed by atoms with van der Waals surface area (Å²) in [6, 6.07) is 8.65. The number of aromatic hydroxyl groups is 1. The number of hydrogen-bond acceptors (Lipinski definition) is 2. The lowest BCUT2D eigenvalue weighted by molar-refractivity contribution is -0.0165. The first-order chi connectivity index (χ1) is 11.1. The first-order valence-electron chi connectivity index (χ1n) is 9.35. The summed E-state index contributed by atoms with van der Waals surface area (Å²) in [5, 5.41) is 19.2. The number of nitriles is 1. The highest BCUT2D eigenvalue weighted by molar-refractivity contribution is 5.40. The third-order valence-electron chi connectivity index (χ3n) is 8.04. The molecule has 2 unspecified atom stereocenters. The fourth-order valence-electron chi connectivity index (χ4n) is 7.05. The van der Waals surface area contributed by atoms with Crippen molar-refractivity contribution in [1.29, 1.82) is 5.26 Å². The van der Waals surface area contributed by atoms with Crippen molar-refractivity contribution in [3.05, 3.63) is 29.3 Å². The molecule has 2 nitrogen and oxygen atoms in total. The van der Waals surface area contributed by atoms with Gasteiger partial charge in [0.2, 0.25) is 0 Å². The monoisotopic (exact) mass is 307 g/mol. The molecule has 0 radical (unpaired) electrons. The molecule has 120 valence electrons. The van der Waals surface area contributed by atoms with E-state index >= 15 is 0 Å². The fraction of sp³-hybridized carbons (Fsp3) is 0.667. The molecule has 0 amide bonds. The lowest BCUT2D eigenvalue weighted by Crippen LogP contribution is -2.46. The Morgan fingerprint density at radius 3 is 2.87 bits per heavy atom. The van der Waals surface area contributed by atoms with Gasteiger partial charge in [-0.3, -0.25) is 0 Å². The number of hydrogen-bond donors (Lipinski definition) is 1. The first-order valence-corrected chi connectivity index (χ1v) is 9.35. The third kappa shape index (κ3) is 1.74. The second-order valence-electron chi connectivity index (χ2n) is 8.76. The fourth-order valence-corrected chi connectivity index (χ4v) is 7.05. The van der Waals surface area contributed by atoms with Gasteiger partial charge in [-0.05, 0) is 96.8 Å². The largest absolute Gasteiger partial charge is 0.508 e. The van der Waals surface area contributed by atoms with Crippen LogP contribution in [0.15, 0.2) is 18.2 Å². The van der Waals surface area contributed by atoms with Crippen molar-refractivity contribution in [3.8, 4) is 11.8 Å². The van der Waals surface area contributed by atoms with Crippen molar-refractivity contribution in [2.45, 2.75) is 51.4 Å². The average molecular weight is 307 g/mol. The smallest absolute Gasteiger partial charge is 0.115 e. The van der Waals surface area contributed by atoms with E-state index in [1.165, 1.54) is 43.2 Å². The number of fused-ring (bicyclic) bond motifs is 7. The van der Waals surface area contributed by atoms with Crippen molar-refractivity contribution in [3.63, 3.8) is 0 Å². The lowest BCUT2D eigenvalue weighted by atomic mass is 9.50. The van der Waals surface area contributed by atoms with E-state index in [9.17, 15) is 10.4 Å². The van der Waals surface area contributed by atoms with Crippen LogP contribution in [0.3, 0.4) is 0 Å². The molecule has 1 aromatic carbocycles. The molecule has 0 saturated heterocycles. The zero-order valence-corrected chi connectivity index (χ0v) is 13.8. The van der Waals surface area contributed by atoms with Gasteiger partial charge in [-0.1, -0.05) is 13.0 Å². The normalized spacial score (nSPS) is 46.6. The predicted molar refractivity (Wildman–Crippen MR) is 88.8 cm³/mol. The van der Waals surface area contributed by atoms with Gasteiger partial charge in [-0.25, -0.2) is 0 Å². The summed E-state index contributed by atoms with van der Waals surface area (Å²) in [4.78, 5) is 0. The van der Waals surface area contributed by atoms with Crippen LogP contribution in [0.25, 0.3) is 0 Å². The highest BCUT2D eigenvalue weighted by Crippen LogP contribution is 2.71. The van der Waals surface area contributed by atoms with Gasteiger partial charge in [0.05, 0.1) is 12.0 Å². The molecule has 4 aliphatic rings. The molecule has 1 aromatic rings. The number of benzene rings is 1. The third-order valence-corrected chi connectivity index (χ3v) is 8.04. The summed E-state index contributed by atoms with van der Waals surface area (Å²) in [7, 11) is 0. The minimum absolute atomic E-state index is 0.356. The van der Waals surface area contributed by atoms with Gasteiger partial charge in [0.25, 0.3) is 0 Å². The van der Waals surface area contributed by atoms with Gasteiger partial charge in [-0.15, -0.1) is 0 Å². The number of phenols is 1. The molecule has 3 fully saturated rings. The van der Waals surface area contributed by atoms with Crippen molar-refractivity contribution >= 4 is 0 Å². The van der Waals surface area contributed by atoms with Crippen LogP contribution in [0.2, 0.25) is 0 Å². The highest BCUT2D eigenvalue weighted by Gasteiger charge is 2.66. The zero-order valence-electron chi connectivity index (χ0n) is 13.8. The van der Waals surface area contributed by atoms with E-state index in [2.05, 4.69) is 19.1 Å². The van der Waals surface area contributed by atoms with E-state index in [0.717, 1.165) is 18.3 Å². The molecular weight excluding hydrogens is 282 g/mol. The first kappa shape index (κ1) is 13.9. The van der Waals surface area contributed by atoms with E-state index in [1.807, 2.05) is 12.1 Å². The molecule has 0 bridgehead atoms. The van der Waals surface area contributed by atoms with Crippen LogP contribution in [0.1, 0.15) is 56.1 Å². The van der Waals surface area contributed by atoms with Crippen LogP contribution in [-0.2, 0) is 6.42 Å². The van der Waals surface area contributed by atoms with E-state index in [-0.39, 0.29) is 0 Å². The summed E-state index contributed by atoms with van der Waals surface area (Å²) in [6.45, 7) is 2.51. The molecule has 4 aliphatic carbocycles. The summed E-state index contributed by atoms with van der Waals surface area (Å²) in [5.74, 6) is 4.47. The van der Waals surface area contributed by atoms with Crippen molar-refractivity contribution in [2.24, 2.45) is 35.0 Å². The maximum absolute atomic E-state index is 9.78. The number of phenolic OH excluding ortho intramolecular Hbond substituents is 1. The molecule has 2 heteroatoms. The molecule has 0 heterocycles. The SMILES string of the molecule is C[C@]12CC[C@@H]3c4ccc(O)cc4CC[C@H]3[C@@H]1CC[C@H]1C(C#N)C12. The molecule has 0 spiro atoms. The Hall–Kier alpha value is -1.49. The topological polar surface area (TPSA) is 44.0 Å². The second-order valence-corrected chi connectivity index (χ2v) is 8.76. The number of aryl methyl sites for hydroxylation is 1. The van der Waals surface area contributed by atoms with Gasteiger partial charge in [0.1, 0.15) is 5.75 Å². The van der Waals surface area contributed by atoms with Crippen LogP contribution in [-0.4, -0.2) is 5.11 Å². The van der Waals surface area contributed by atoms with Crippen LogP contribution >= 0.6 is 0 Å². The average Bonchev–Trinajstić information content (AvgIpc) is 3.28. The summed E-state index contributed by atoms with van der Waals surface area (Å²) in [5.41, 5.74) is 3.31. The Morgan fingerprint density at radius 1 is 1.17 bits per heavy atom. The maximum Gasteiger partial charge on any atom is 0.115 e. The van der Waals surface area contributed by atoms with E-state index in [4.69, 9.17) is 0 Å². The van der Waals surface area contributed by atoms with Gasteiger partial charge >= 0.3 is 0 Å². The van der Waals surface area contributed by atoms with Crippen molar-refractivity contribution < 1.29 is 5.11 Å². The van der Waals surface area contributed by atoms with Gasteiger partial charge in [0, 0.05) is 0 Å². The molecule has 23 heavy (non-hydrogen) atoms. The second kappa shape index (κ2) is 4.53. The van der Waals surface area contributed by atoms with Crippen LogP contribution in [0.4, 0.5) is 0 Å². The predicted octanol–water partition coefficient (Wildman–Crippen LogP) is 4.63. The highest BCUT2D eigenvalue weighted by atomic mass is 16.3. The maximum atomic E-state index is 9.78. The number of nitrogens with zero attached hydrogens (tertiary/aromatic N) is 1. The zero-order chi connectivity index (χ0) is 15.8. The van der Waals surface area contributed by atoms with E-state index in [1.54, 1.807) is 0 Å². The van der Waals surface area contributed by atoms with Crippen molar-refractivity contribution in [2.75, 3.05) is 0 Å². The minimum atomic E-state index is 0.356. The van der Waals surface area contributed by atoms with Crippen molar-refractivity contribution in [1.82, 2.24) is 0 Å². The Balaban J connectivity index is 1.50. The van der Waals surface area contributed by atoms with Crippen LogP contribution in [0.5, 0.6) is 5.75 Å². The van der Waals surface area contributed by atoms with E-state index in [0.29, 0.717) is 34.8 Å². The Kier molecular flexibility index (Phi) is 2.74. The quantitative estimate of drug-likeness (QED) is 0.759. The van der Waals surface area contributed by atoms with E-state index < -0.39 is 0 Å². The summed E-state index contributed by atoms with van der Waals surface area (Å²) in [6.07, 6.45) is 7.58. The van der Waals surface area contributed by atoms with Gasteiger partial charge < -0.3 is 5.11 Å². The van der Waals surface area contributed by atoms with Crippen LogP contribution in [0, 0.1) is 46.3 Å². The lowest BCUT2D eigenvalue weighted by Gasteiger charge is -2.54. The molecular formula is C21H25NO. The number of rotatable bonds is 0. The summed E-state index contributed by atoms with van der Waals surface area (Å²) < 4.78 is 0. The minimum Gasteiger partial charge on any atom is -0.508 e. The summed E-state index contributed by atoms with van der Waals surface area (Å²) >= 11 is 0. The molecule has 0 aliphatic heterocycles.